The van der Waals surface area contributed by atoms with Crippen LogP contribution >= 0.6 is 0 Å². The van der Waals surface area contributed by atoms with Gasteiger partial charge in [-0.3, -0.25) is 0 Å². The van der Waals surface area contributed by atoms with Gasteiger partial charge in [-0.25, -0.2) is 0 Å². The second-order valence-corrected chi connectivity index (χ2v) is 5.36. The van der Waals surface area contributed by atoms with Gasteiger partial charge in [0.2, 0.25) is 0 Å². The number of allylic oxidation sites excluding steroid dienone is 1. The normalized spacial score (nSPS) is 14.8. The molecule has 0 heterocycles. The van der Waals surface area contributed by atoms with Gasteiger partial charge in [0.15, 0.2) is 0 Å². The summed E-state index contributed by atoms with van der Waals surface area (Å²) in [5.74, 6) is 0. The number of rotatable bonds is 5. The van der Waals surface area contributed by atoms with Crippen LogP contribution in [-0.2, 0) is 6.54 Å². The maximum absolute atomic E-state index is 3.55. The zero-order valence-corrected chi connectivity index (χ0v) is 11.4. The first-order valence-corrected chi connectivity index (χ1v) is 7.28. The third-order valence-corrected chi connectivity index (χ3v) is 3.90. The summed E-state index contributed by atoms with van der Waals surface area (Å²) in [4.78, 5) is 0. The van der Waals surface area contributed by atoms with E-state index in [1.165, 1.54) is 42.0 Å². The fraction of sp³-hybridized carbons (Fsp3) is 0.333. The van der Waals surface area contributed by atoms with Gasteiger partial charge in [0.25, 0.3) is 0 Å². The van der Waals surface area contributed by atoms with Crippen molar-refractivity contribution in [1.29, 1.82) is 0 Å². The van der Waals surface area contributed by atoms with Crippen LogP contribution in [0.4, 0.5) is 0 Å². The van der Waals surface area contributed by atoms with Gasteiger partial charge in [-0.15, -0.1) is 0 Å². The summed E-state index contributed by atoms with van der Waals surface area (Å²) in [6, 6.07) is 15.3. The first-order chi connectivity index (χ1) is 9.42. The average molecular weight is 251 g/mol. The Morgan fingerprint density at radius 2 is 1.89 bits per heavy atom. The molecule has 98 valence electrons. The predicted octanol–water partition coefficient (Wildman–Crippen LogP) is 4.43. The molecule has 19 heavy (non-hydrogen) atoms. The van der Waals surface area contributed by atoms with Crippen LogP contribution in [-0.4, -0.2) is 6.54 Å². The summed E-state index contributed by atoms with van der Waals surface area (Å²) in [6.45, 7) is 2.07. The predicted molar refractivity (Wildman–Crippen MR) is 82.2 cm³/mol. The fourth-order valence-electron chi connectivity index (χ4n) is 2.79. The van der Waals surface area contributed by atoms with Crippen LogP contribution in [0.5, 0.6) is 0 Å². The van der Waals surface area contributed by atoms with Crippen LogP contribution in [0.25, 0.3) is 10.8 Å². The quantitative estimate of drug-likeness (QED) is 0.612. The Kier molecular flexibility index (Phi) is 3.95. The van der Waals surface area contributed by atoms with Crippen molar-refractivity contribution in [3.8, 4) is 0 Å². The second kappa shape index (κ2) is 6.03. The summed E-state index contributed by atoms with van der Waals surface area (Å²) in [5, 5.41) is 6.21. The SMILES string of the molecule is C1=C(CCNCc2ccc3ccccc3c2)CCC1. The summed E-state index contributed by atoms with van der Waals surface area (Å²) in [6.07, 6.45) is 7.60. The lowest BCUT2D eigenvalue weighted by Crippen LogP contribution is -2.15. The first-order valence-electron chi connectivity index (χ1n) is 7.28. The zero-order valence-electron chi connectivity index (χ0n) is 11.4. The van der Waals surface area contributed by atoms with E-state index in [1.54, 1.807) is 5.57 Å². The number of hydrogen-bond acceptors (Lipinski definition) is 1. The molecule has 0 atom stereocenters. The van der Waals surface area contributed by atoms with Crippen LogP contribution in [0.1, 0.15) is 31.2 Å². The summed E-state index contributed by atoms with van der Waals surface area (Å²) < 4.78 is 0. The molecule has 3 rings (SSSR count). The minimum absolute atomic E-state index is 0.970. The van der Waals surface area contributed by atoms with E-state index < -0.39 is 0 Å². The van der Waals surface area contributed by atoms with E-state index in [9.17, 15) is 0 Å². The molecule has 0 aromatic heterocycles. The van der Waals surface area contributed by atoms with Crippen LogP contribution in [0.2, 0.25) is 0 Å². The molecule has 1 aliphatic rings. The Morgan fingerprint density at radius 3 is 2.74 bits per heavy atom. The molecule has 0 saturated heterocycles. The molecule has 1 aliphatic carbocycles. The highest BCUT2D eigenvalue weighted by Gasteiger charge is 2.03. The number of nitrogens with one attached hydrogen (secondary N) is 1. The van der Waals surface area contributed by atoms with Crippen LogP contribution in [0.15, 0.2) is 54.1 Å². The lowest BCUT2D eigenvalue weighted by Gasteiger charge is -2.07. The standard InChI is InChI=1S/C18H21N/c1-2-6-15(5-1)11-12-19-14-16-9-10-17-7-3-4-8-18(17)13-16/h3-5,7-10,13,19H,1-2,6,11-12,14H2. The van der Waals surface area contributed by atoms with Crippen LogP contribution in [0.3, 0.4) is 0 Å². The number of benzene rings is 2. The topological polar surface area (TPSA) is 12.0 Å². The largest absolute Gasteiger partial charge is 0.312 e. The molecule has 2 aromatic rings. The summed E-state index contributed by atoms with van der Waals surface area (Å²) in [7, 11) is 0. The van der Waals surface area contributed by atoms with Crippen LogP contribution < -0.4 is 5.32 Å². The summed E-state index contributed by atoms with van der Waals surface area (Å²) in [5.41, 5.74) is 3.02. The number of hydrogen-bond donors (Lipinski definition) is 1. The van der Waals surface area contributed by atoms with Crippen molar-refractivity contribution in [2.24, 2.45) is 0 Å². The molecule has 0 saturated carbocycles. The molecule has 2 aromatic carbocycles. The Bertz CT molecular complexity index is 583. The molecular formula is C18H21N. The van der Waals surface area contributed by atoms with Gasteiger partial charge < -0.3 is 5.32 Å². The third kappa shape index (κ3) is 3.24. The minimum atomic E-state index is 0.970. The van der Waals surface area contributed by atoms with Gasteiger partial charge in [-0.05, 0) is 54.6 Å². The van der Waals surface area contributed by atoms with Gasteiger partial charge in [0.1, 0.15) is 0 Å². The molecular weight excluding hydrogens is 230 g/mol. The van der Waals surface area contributed by atoms with Gasteiger partial charge in [-0.2, -0.15) is 0 Å². The smallest absolute Gasteiger partial charge is 0.0205 e. The molecule has 0 radical (unpaired) electrons. The molecule has 0 unspecified atom stereocenters. The molecule has 0 aliphatic heterocycles. The summed E-state index contributed by atoms with van der Waals surface area (Å²) >= 11 is 0. The lowest BCUT2D eigenvalue weighted by molar-refractivity contribution is 0.676. The van der Waals surface area contributed by atoms with Crippen LogP contribution in [0, 0.1) is 0 Å². The average Bonchev–Trinajstić information content (AvgIpc) is 2.97. The monoisotopic (exact) mass is 251 g/mol. The van der Waals surface area contributed by atoms with E-state index in [2.05, 4.69) is 53.9 Å². The van der Waals surface area contributed by atoms with Crippen molar-refractivity contribution in [3.05, 3.63) is 59.7 Å². The van der Waals surface area contributed by atoms with E-state index >= 15 is 0 Å². The van der Waals surface area contributed by atoms with Crippen molar-refractivity contribution in [2.45, 2.75) is 32.2 Å². The molecule has 0 spiro atoms. The maximum Gasteiger partial charge on any atom is 0.0205 e. The zero-order chi connectivity index (χ0) is 12.9. The first kappa shape index (κ1) is 12.4. The van der Waals surface area contributed by atoms with Crippen molar-refractivity contribution in [2.75, 3.05) is 6.54 Å². The Labute approximate surface area is 115 Å². The lowest BCUT2D eigenvalue weighted by atomic mass is 10.1. The number of fused-ring (bicyclic) bond motifs is 1. The molecule has 1 N–H and O–H groups in total. The molecule has 1 nitrogen and oxygen atoms in total. The van der Waals surface area contributed by atoms with E-state index in [4.69, 9.17) is 0 Å². The van der Waals surface area contributed by atoms with Crippen molar-refractivity contribution in [3.63, 3.8) is 0 Å². The minimum Gasteiger partial charge on any atom is -0.312 e. The van der Waals surface area contributed by atoms with Crippen molar-refractivity contribution in [1.82, 2.24) is 5.32 Å². The highest BCUT2D eigenvalue weighted by atomic mass is 14.8. The Hall–Kier alpha value is -1.60. The van der Waals surface area contributed by atoms with Crippen molar-refractivity contribution >= 4 is 10.8 Å². The fourth-order valence-corrected chi connectivity index (χ4v) is 2.79. The van der Waals surface area contributed by atoms with Gasteiger partial charge in [0, 0.05) is 6.54 Å². The van der Waals surface area contributed by atoms with E-state index in [-0.39, 0.29) is 0 Å². The van der Waals surface area contributed by atoms with Crippen molar-refractivity contribution < 1.29 is 0 Å². The van der Waals surface area contributed by atoms with E-state index in [1.807, 2.05) is 0 Å². The Balaban J connectivity index is 1.53. The van der Waals surface area contributed by atoms with Gasteiger partial charge in [0.05, 0.1) is 0 Å². The molecule has 0 bridgehead atoms. The highest BCUT2D eigenvalue weighted by Crippen LogP contribution is 2.20. The van der Waals surface area contributed by atoms with E-state index in [0.29, 0.717) is 0 Å². The molecule has 1 heteroatoms. The van der Waals surface area contributed by atoms with Gasteiger partial charge >= 0.3 is 0 Å². The second-order valence-electron chi connectivity index (χ2n) is 5.36. The Morgan fingerprint density at radius 1 is 1.00 bits per heavy atom. The van der Waals surface area contributed by atoms with E-state index in [0.717, 1.165) is 13.1 Å². The van der Waals surface area contributed by atoms with Gasteiger partial charge in [-0.1, -0.05) is 48.0 Å². The maximum atomic E-state index is 3.55. The highest BCUT2D eigenvalue weighted by molar-refractivity contribution is 5.82. The molecule has 0 fully saturated rings. The molecule has 0 amide bonds. The third-order valence-electron chi connectivity index (χ3n) is 3.90.